The molecule has 1 aromatic carbocycles. The van der Waals surface area contributed by atoms with Crippen LogP contribution in [0.4, 0.5) is 0 Å². The molecule has 0 saturated carbocycles. The van der Waals surface area contributed by atoms with Crippen molar-refractivity contribution in [2.24, 2.45) is 23.7 Å². The van der Waals surface area contributed by atoms with Gasteiger partial charge in [0, 0.05) is 0 Å². The molecule has 1 aromatic rings. The summed E-state index contributed by atoms with van der Waals surface area (Å²) in [6, 6.07) is 2.20. The molecule has 0 heterocycles. The van der Waals surface area contributed by atoms with Gasteiger partial charge < -0.3 is 20.1 Å². The van der Waals surface area contributed by atoms with Crippen molar-refractivity contribution >= 4 is 5.97 Å². The van der Waals surface area contributed by atoms with Gasteiger partial charge in [-0.25, -0.2) is 4.79 Å². The number of hydrogen-bond acceptors (Lipinski definition) is 5. The lowest BCUT2D eigenvalue weighted by molar-refractivity contribution is -0.0164. The van der Waals surface area contributed by atoms with Crippen LogP contribution in [0, 0.1) is 23.7 Å². The third-order valence-electron chi connectivity index (χ3n) is 4.23. The van der Waals surface area contributed by atoms with Gasteiger partial charge in [0.2, 0.25) is 0 Å². The summed E-state index contributed by atoms with van der Waals surface area (Å²) in [6.07, 6.45) is 0.679. The fourth-order valence-electron chi connectivity index (χ4n) is 2.96. The van der Waals surface area contributed by atoms with Crippen molar-refractivity contribution < 1.29 is 24.9 Å². The molecule has 0 aliphatic carbocycles. The van der Waals surface area contributed by atoms with E-state index in [1.54, 1.807) is 0 Å². The van der Waals surface area contributed by atoms with E-state index in [2.05, 4.69) is 27.7 Å². The predicted molar refractivity (Wildman–Crippen MR) is 93.3 cm³/mol. The van der Waals surface area contributed by atoms with Crippen molar-refractivity contribution in [1.82, 2.24) is 0 Å². The molecule has 3 N–H and O–H groups in total. The lowest BCUT2D eigenvalue weighted by Gasteiger charge is -2.33. The maximum atomic E-state index is 12.5. The fraction of sp³-hybridized carbons (Fsp3) is 0.632. The number of benzene rings is 1. The molecule has 0 fully saturated rings. The first-order valence-electron chi connectivity index (χ1n) is 8.50. The largest absolute Gasteiger partial charge is 0.504 e. The normalized spacial score (nSPS) is 14.2. The summed E-state index contributed by atoms with van der Waals surface area (Å²) in [5.41, 5.74) is 0.0144. The van der Waals surface area contributed by atoms with Crippen LogP contribution in [0.1, 0.15) is 58.3 Å². The minimum Gasteiger partial charge on any atom is -0.504 e. The first-order valence-corrected chi connectivity index (χ1v) is 8.50. The van der Waals surface area contributed by atoms with Crippen LogP contribution in [-0.2, 0) is 4.74 Å². The first-order chi connectivity index (χ1) is 11.0. The van der Waals surface area contributed by atoms with E-state index in [1.165, 1.54) is 0 Å². The Morgan fingerprint density at radius 2 is 1.46 bits per heavy atom. The van der Waals surface area contributed by atoms with Crippen LogP contribution in [0.2, 0.25) is 0 Å². The second kappa shape index (κ2) is 8.27. The van der Waals surface area contributed by atoms with Gasteiger partial charge in [-0.15, -0.1) is 0 Å². The Morgan fingerprint density at radius 3 is 1.83 bits per heavy atom. The molecule has 0 aliphatic rings. The Hall–Kier alpha value is -1.91. The maximum Gasteiger partial charge on any atom is 0.338 e. The number of carbonyl (C=O) groups is 1. The highest BCUT2D eigenvalue weighted by molar-refractivity contribution is 5.91. The number of esters is 1. The van der Waals surface area contributed by atoms with Crippen LogP contribution in [0.15, 0.2) is 12.1 Å². The van der Waals surface area contributed by atoms with Crippen molar-refractivity contribution in [2.75, 3.05) is 0 Å². The molecule has 0 aromatic heterocycles. The van der Waals surface area contributed by atoms with E-state index in [9.17, 15) is 20.1 Å². The molecular formula is C19H30O5. The first kappa shape index (κ1) is 20.1. The van der Waals surface area contributed by atoms with E-state index in [1.807, 2.05) is 13.8 Å². The highest BCUT2D eigenvalue weighted by Gasteiger charge is 2.31. The predicted octanol–water partition coefficient (Wildman–Crippen LogP) is 4.30. The highest BCUT2D eigenvalue weighted by atomic mass is 16.5. The lowest BCUT2D eigenvalue weighted by Crippen LogP contribution is -2.35. The molecule has 136 valence electrons. The van der Waals surface area contributed by atoms with Crippen molar-refractivity contribution in [3.8, 4) is 17.2 Å². The molecule has 0 amide bonds. The minimum absolute atomic E-state index is 0.0144. The molecule has 24 heavy (non-hydrogen) atoms. The zero-order valence-corrected chi connectivity index (χ0v) is 15.4. The lowest BCUT2D eigenvalue weighted by atomic mass is 9.79. The summed E-state index contributed by atoms with van der Waals surface area (Å²) < 4.78 is 5.73. The van der Waals surface area contributed by atoms with Crippen molar-refractivity contribution in [3.05, 3.63) is 17.7 Å². The summed E-state index contributed by atoms with van der Waals surface area (Å²) in [4.78, 5) is 12.5. The third kappa shape index (κ3) is 5.05. The molecule has 0 radical (unpaired) electrons. The smallest absolute Gasteiger partial charge is 0.338 e. The van der Waals surface area contributed by atoms with Crippen molar-refractivity contribution in [1.29, 1.82) is 0 Å². The van der Waals surface area contributed by atoms with Crippen LogP contribution >= 0.6 is 0 Å². The maximum absolute atomic E-state index is 12.5. The molecule has 5 nitrogen and oxygen atoms in total. The van der Waals surface area contributed by atoms with E-state index in [0.717, 1.165) is 18.6 Å². The summed E-state index contributed by atoms with van der Waals surface area (Å²) in [5, 5.41) is 28.5. The molecule has 0 spiro atoms. The molecular weight excluding hydrogens is 308 g/mol. The summed E-state index contributed by atoms with van der Waals surface area (Å²) in [7, 11) is 0. The Kier molecular flexibility index (Phi) is 6.93. The van der Waals surface area contributed by atoms with Crippen LogP contribution in [0.25, 0.3) is 0 Å². The van der Waals surface area contributed by atoms with E-state index >= 15 is 0 Å². The van der Waals surface area contributed by atoms with E-state index in [-0.39, 0.29) is 23.5 Å². The van der Waals surface area contributed by atoms with Gasteiger partial charge in [0.25, 0.3) is 0 Å². The number of hydrogen-bond donors (Lipinski definition) is 3. The third-order valence-corrected chi connectivity index (χ3v) is 4.23. The second-order valence-corrected chi connectivity index (χ2v) is 7.51. The van der Waals surface area contributed by atoms with Gasteiger partial charge in [-0.05, 0) is 42.2 Å². The number of rotatable bonds is 7. The molecule has 5 heteroatoms. The van der Waals surface area contributed by atoms with E-state index in [0.29, 0.717) is 11.8 Å². The number of ether oxygens (including phenoxy) is 1. The van der Waals surface area contributed by atoms with Crippen LogP contribution < -0.4 is 0 Å². The van der Waals surface area contributed by atoms with E-state index < -0.39 is 23.2 Å². The average Bonchev–Trinajstić information content (AvgIpc) is 2.46. The van der Waals surface area contributed by atoms with Crippen molar-refractivity contribution in [3.63, 3.8) is 0 Å². The highest BCUT2D eigenvalue weighted by Crippen LogP contribution is 2.36. The zero-order chi connectivity index (χ0) is 18.6. The van der Waals surface area contributed by atoms with Gasteiger partial charge in [-0.1, -0.05) is 41.5 Å². The SMILES string of the molecule is CC(C)CC(C(C)C)C(OC(=O)c1cc(O)c(O)c(O)c1)C(C)C. The monoisotopic (exact) mass is 338 g/mol. The summed E-state index contributed by atoms with van der Waals surface area (Å²) in [6.45, 7) is 12.6. The molecule has 0 saturated heterocycles. The Labute approximate surface area is 144 Å². The quantitative estimate of drug-likeness (QED) is 0.509. The minimum atomic E-state index is -0.646. The molecule has 2 atom stereocenters. The van der Waals surface area contributed by atoms with Gasteiger partial charge in [0.1, 0.15) is 6.10 Å². The van der Waals surface area contributed by atoms with Gasteiger partial charge in [0.15, 0.2) is 17.2 Å². The number of carbonyl (C=O) groups excluding carboxylic acids is 1. The van der Waals surface area contributed by atoms with Crippen molar-refractivity contribution in [2.45, 2.75) is 54.1 Å². The molecule has 0 bridgehead atoms. The van der Waals surface area contributed by atoms with E-state index in [4.69, 9.17) is 4.74 Å². The van der Waals surface area contributed by atoms with Gasteiger partial charge in [-0.2, -0.15) is 0 Å². The standard InChI is InChI=1S/C19H30O5/c1-10(2)7-14(11(3)4)18(12(5)6)24-19(23)13-8-15(20)17(22)16(21)9-13/h8-12,14,18,20-22H,7H2,1-6H3. The Morgan fingerprint density at radius 1 is 0.958 bits per heavy atom. The average molecular weight is 338 g/mol. The topological polar surface area (TPSA) is 87.0 Å². The molecule has 0 aliphatic heterocycles. The second-order valence-electron chi connectivity index (χ2n) is 7.51. The summed E-state index contributed by atoms with van der Waals surface area (Å²) in [5.74, 6) is -1.17. The van der Waals surface area contributed by atoms with Crippen LogP contribution in [0.3, 0.4) is 0 Å². The zero-order valence-electron chi connectivity index (χ0n) is 15.4. The Balaban J connectivity index is 3.05. The number of phenolic OH excluding ortho intramolecular Hbond substituents is 3. The van der Waals surface area contributed by atoms with Gasteiger partial charge in [-0.3, -0.25) is 0 Å². The molecule has 1 rings (SSSR count). The Bertz CT molecular complexity index is 540. The number of phenols is 3. The van der Waals surface area contributed by atoms with Gasteiger partial charge in [0.05, 0.1) is 5.56 Å². The summed E-state index contributed by atoms with van der Waals surface area (Å²) >= 11 is 0. The molecule has 2 unspecified atom stereocenters. The fourth-order valence-corrected chi connectivity index (χ4v) is 2.96. The van der Waals surface area contributed by atoms with Gasteiger partial charge >= 0.3 is 5.97 Å². The number of aromatic hydroxyl groups is 3. The van der Waals surface area contributed by atoms with Crippen LogP contribution in [0.5, 0.6) is 17.2 Å². The van der Waals surface area contributed by atoms with Crippen LogP contribution in [-0.4, -0.2) is 27.4 Å².